The largest absolute Gasteiger partial charge is 0.490 e. The van der Waals surface area contributed by atoms with Crippen molar-refractivity contribution in [3.63, 3.8) is 0 Å². The van der Waals surface area contributed by atoms with Crippen molar-refractivity contribution < 1.29 is 19.4 Å². The van der Waals surface area contributed by atoms with Crippen LogP contribution in [0.4, 0.5) is 0 Å². The van der Waals surface area contributed by atoms with E-state index >= 15 is 0 Å². The highest BCUT2D eigenvalue weighted by Gasteiger charge is 2.08. The van der Waals surface area contributed by atoms with E-state index in [2.05, 4.69) is 19.2 Å². The maximum Gasteiger partial charge on any atom is 0.341 e. The Morgan fingerprint density at radius 3 is 2.63 bits per heavy atom. The molecule has 1 aromatic carbocycles. The summed E-state index contributed by atoms with van der Waals surface area (Å²) in [6, 6.07) is 5.91. The number of nitrogens with one attached hydrogen (secondary N) is 1. The van der Waals surface area contributed by atoms with E-state index in [0.717, 1.165) is 12.1 Å². The standard InChI is InChI=1S/C14H21NO4/c1-4-18-13-7-11(8-15-10(2)3)5-6-12(13)19-9-14(16)17/h5-7,10,15H,4,8-9H2,1-3H3,(H,16,17). The summed E-state index contributed by atoms with van der Waals surface area (Å²) in [5.74, 6) is 0.0253. The number of rotatable bonds is 8. The monoisotopic (exact) mass is 267 g/mol. The van der Waals surface area contributed by atoms with Crippen molar-refractivity contribution in [1.29, 1.82) is 0 Å². The van der Waals surface area contributed by atoms with E-state index in [1.54, 1.807) is 6.07 Å². The van der Waals surface area contributed by atoms with Gasteiger partial charge in [0, 0.05) is 12.6 Å². The van der Waals surface area contributed by atoms with Gasteiger partial charge < -0.3 is 19.9 Å². The molecule has 0 fully saturated rings. The lowest BCUT2D eigenvalue weighted by molar-refractivity contribution is -0.139. The van der Waals surface area contributed by atoms with Gasteiger partial charge >= 0.3 is 5.97 Å². The van der Waals surface area contributed by atoms with E-state index in [-0.39, 0.29) is 6.61 Å². The molecule has 0 heterocycles. The SMILES string of the molecule is CCOc1cc(CNC(C)C)ccc1OCC(=O)O. The molecule has 2 N–H and O–H groups in total. The zero-order chi connectivity index (χ0) is 14.3. The van der Waals surface area contributed by atoms with Crippen LogP contribution in [-0.2, 0) is 11.3 Å². The van der Waals surface area contributed by atoms with E-state index in [9.17, 15) is 4.79 Å². The third-order valence-electron chi connectivity index (χ3n) is 2.37. The highest BCUT2D eigenvalue weighted by Crippen LogP contribution is 2.28. The quantitative estimate of drug-likeness (QED) is 0.754. The van der Waals surface area contributed by atoms with Crippen molar-refractivity contribution >= 4 is 5.97 Å². The fourth-order valence-electron chi connectivity index (χ4n) is 1.51. The number of hydrogen-bond donors (Lipinski definition) is 2. The maximum atomic E-state index is 10.5. The molecule has 0 radical (unpaired) electrons. The highest BCUT2D eigenvalue weighted by molar-refractivity contribution is 5.68. The molecular formula is C14H21NO4. The van der Waals surface area contributed by atoms with Crippen LogP contribution in [-0.4, -0.2) is 30.3 Å². The Kier molecular flexibility index (Phi) is 6.15. The predicted molar refractivity (Wildman–Crippen MR) is 72.7 cm³/mol. The predicted octanol–water partition coefficient (Wildman–Crippen LogP) is 2.05. The summed E-state index contributed by atoms with van der Waals surface area (Å²) in [4.78, 5) is 10.5. The molecule has 0 saturated carbocycles. The normalized spacial score (nSPS) is 10.5. The molecule has 0 unspecified atom stereocenters. The topological polar surface area (TPSA) is 67.8 Å². The van der Waals surface area contributed by atoms with Crippen LogP contribution in [0, 0.1) is 0 Å². The smallest absolute Gasteiger partial charge is 0.341 e. The first kappa shape index (κ1) is 15.3. The van der Waals surface area contributed by atoms with Gasteiger partial charge in [0.2, 0.25) is 0 Å². The zero-order valence-corrected chi connectivity index (χ0v) is 11.6. The van der Waals surface area contributed by atoms with Gasteiger partial charge in [-0.2, -0.15) is 0 Å². The van der Waals surface area contributed by atoms with Gasteiger partial charge in [0.25, 0.3) is 0 Å². The molecule has 5 nitrogen and oxygen atoms in total. The molecule has 0 amide bonds. The molecule has 5 heteroatoms. The molecule has 0 aromatic heterocycles. The Morgan fingerprint density at radius 1 is 1.32 bits per heavy atom. The van der Waals surface area contributed by atoms with Gasteiger partial charge in [0.1, 0.15) is 0 Å². The van der Waals surface area contributed by atoms with Crippen molar-refractivity contribution in [2.75, 3.05) is 13.2 Å². The average Bonchev–Trinajstić information content (AvgIpc) is 2.35. The number of aliphatic carboxylic acids is 1. The van der Waals surface area contributed by atoms with Crippen molar-refractivity contribution in [2.24, 2.45) is 0 Å². The molecule has 0 aliphatic heterocycles. The lowest BCUT2D eigenvalue weighted by atomic mass is 10.2. The molecule has 0 atom stereocenters. The maximum absolute atomic E-state index is 10.5. The molecule has 0 saturated heterocycles. The molecule has 0 aliphatic rings. The number of ether oxygens (including phenoxy) is 2. The van der Waals surface area contributed by atoms with Gasteiger partial charge in [-0.05, 0) is 24.6 Å². The number of carbonyl (C=O) groups is 1. The van der Waals surface area contributed by atoms with Crippen LogP contribution in [0.3, 0.4) is 0 Å². The first-order chi connectivity index (χ1) is 9.02. The molecule has 0 bridgehead atoms. The Hall–Kier alpha value is -1.75. The first-order valence-electron chi connectivity index (χ1n) is 6.36. The molecule has 0 spiro atoms. The van der Waals surface area contributed by atoms with Crippen molar-refractivity contribution in [3.05, 3.63) is 23.8 Å². The summed E-state index contributed by atoms with van der Waals surface area (Å²) < 4.78 is 10.7. The number of hydrogen-bond acceptors (Lipinski definition) is 4. The third kappa shape index (κ3) is 5.61. The Balaban J connectivity index is 2.78. The Morgan fingerprint density at radius 2 is 2.05 bits per heavy atom. The van der Waals surface area contributed by atoms with E-state index < -0.39 is 5.97 Å². The van der Waals surface area contributed by atoms with Crippen LogP contribution in [0.5, 0.6) is 11.5 Å². The third-order valence-corrected chi connectivity index (χ3v) is 2.37. The highest BCUT2D eigenvalue weighted by atomic mass is 16.5. The molecule has 1 aromatic rings. The lowest BCUT2D eigenvalue weighted by Crippen LogP contribution is -2.21. The van der Waals surface area contributed by atoms with Gasteiger partial charge in [-0.3, -0.25) is 0 Å². The summed E-state index contributed by atoms with van der Waals surface area (Å²) >= 11 is 0. The van der Waals surface area contributed by atoms with E-state index in [0.29, 0.717) is 24.1 Å². The zero-order valence-electron chi connectivity index (χ0n) is 11.6. The molecular weight excluding hydrogens is 246 g/mol. The van der Waals surface area contributed by atoms with Crippen LogP contribution >= 0.6 is 0 Å². The average molecular weight is 267 g/mol. The van der Waals surface area contributed by atoms with Gasteiger partial charge in [0.05, 0.1) is 6.61 Å². The lowest BCUT2D eigenvalue weighted by Gasteiger charge is -2.13. The van der Waals surface area contributed by atoms with Crippen LogP contribution in [0.15, 0.2) is 18.2 Å². The molecule has 1 rings (SSSR count). The summed E-state index contributed by atoms with van der Waals surface area (Å²) in [6.45, 7) is 6.90. The van der Waals surface area contributed by atoms with Gasteiger partial charge in [-0.1, -0.05) is 19.9 Å². The van der Waals surface area contributed by atoms with Crippen molar-refractivity contribution in [2.45, 2.75) is 33.4 Å². The van der Waals surface area contributed by atoms with Crippen LogP contribution in [0.2, 0.25) is 0 Å². The Bertz CT molecular complexity index is 418. The van der Waals surface area contributed by atoms with Crippen molar-refractivity contribution in [3.8, 4) is 11.5 Å². The summed E-state index contributed by atoms with van der Waals surface area (Å²) in [5, 5.41) is 11.9. The van der Waals surface area contributed by atoms with Gasteiger partial charge in [-0.15, -0.1) is 0 Å². The number of carboxylic acid groups (broad SMARTS) is 1. The van der Waals surface area contributed by atoms with Crippen LogP contribution in [0.25, 0.3) is 0 Å². The minimum absolute atomic E-state index is 0.371. The molecule has 106 valence electrons. The van der Waals surface area contributed by atoms with Gasteiger partial charge in [0.15, 0.2) is 18.1 Å². The second-order valence-corrected chi connectivity index (χ2v) is 4.43. The fourth-order valence-corrected chi connectivity index (χ4v) is 1.51. The second-order valence-electron chi connectivity index (χ2n) is 4.43. The molecule has 19 heavy (non-hydrogen) atoms. The number of benzene rings is 1. The van der Waals surface area contributed by atoms with Crippen molar-refractivity contribution in [1.82, 2.24) is 5.32 Å². The fraction of sp³-hybridized carbons (Fsp3) is 0.500. The summed E-state index contributed by atoms with van der Waals surface area (Å²) in [5.41, 5.74) is 1.07. The second kappa shape index (κ2) is 7.63. The first-order valence-corrected chi connectivity index (χ1v) is 6.36. The van der Waals surface area contributed by atoms with E-state index in [1.165, 1.54) is 0 Å². The van der Waals surface area contributed by atoms with E-state index in [1.807, 2.05) is 19.1 Å². The summed E-state index contributed by atoms with van der Waals surface area (Å²) in [6.07, 6.45) is 0. The number of carboxylic acids is 1. The minimum Gasteiger partial charge on any atom is -0.490 e. The van der Waals surface area contributed by atoms with Crippen LogP contribution < -0.4 is 14.8 Å². The van der Waals surface area contributed by atoms with Crippen LogP contribution in [0.1, 0.15) is 26.3 Å². The minimum atomic E-state index is -1.01. The summed E-state index contributed by atoms with van der Waals surface area (Å²) in [7, 11) is 0. The molecule has 0 aliphatic carbocycles. The van der Waals surface area contributed by atoms with E-state index in [4.69, 9.17) is 14.6 Å². The Labute approximate surface area is 113 Å². The van der Waals surface area contributed by atoms with Gasteiger partial charge in [-0.25, -0.2) is 4.79 Å².